The number of hydrogen-bond acceptors (Lipinski definition) is 4. The molecule has 1 aromatic heterocycles. The van der Waals surface area contributed by atoms with Crippen LogP contribution in [-0.2, 0) is 6.54 Å². The highest BCUT2D eigenvalue weighted by Gasteiger charge is 2.21. The molecule has 0 radical (unpaired) electrons. The molecule has 7 heteroatoms. The van der Waals surface area contributed by atoms with Gasteiger partial charge in [0.25, 0.3) is 0 Å². The minimum absolute atomic E-state index is 0.338. The van der Waals surface area contributed by atoms with Crippen molar-refractivity contribution < 1.29 is 4.39 Å². The van der Waals surface area contributed by atoms with E-state index in [2.05, 4.69) is 31.7 Å². The first-order valence-corrected chi connectivity index (χ1v) is 6.76. The van der Waals surface area contributed by atoms with Crippen LogP contribution in [0.4, 0.5) is 4.39 Å². The summed E-state index contributed by atoms with van der Waals surface area (Å²) in [6.07, 6.45) is 2.51. The lowest BCUT2D eigenvalue weighted by atomic mass is 10.0. The van der Waals surface area contributed by atoms with E-state index in [0.717, 1.165) is 12.1 Å². The summed E-state index contributed by atoms with van der Waals surface area (Å²) in [5.74, 6) is 5.24. The Labute approximate surface area is 119 Å². The molecule has 1 unspecified atom stereocenters. The molecule has 0 saturated carbocycles. The molecule has 0 aliphatic carbocycles. The molecule has 5 nitrogen and oxygen atoms in total. The van der Waals surface area contributed by atoms with Crippen LogP contribution in [0.15, 0.2) is 28.9 Å². The van der Waals surface area contributed by atoms with Crippen LogP contribution in [0, 0.1) is 5.82 Å². The van der Waals surface area contributed by atoms with Crippen LogP contribution in [0.2, 0.25) is 0 Å². The third-order valence-electron chi connectivity index (χ3n) is 2.84. The van der Waals surface area contributed by atoms with Crippen molar-refractivity contribution in [3.05, 3.63) is 45.9 Å². The molecule has 0 aliphatic heterocycles. The Balaban J connectivity index is 2.44. The van der Waals surface area contributed by atoms with Gasteiger partial charge in [-0.05, 0) is 28.4 Å². The Bertz CT molecular complexity index is 557. The molecule has 0 amide bonds. The summed E-state index contributed by atoms with van der Waals surface area (Å²) in [6, 6.07) is 4.61. The maximum Gasteiger partial charge on any atom is 0.142 e. The molecule has 2 aromatic rings. The molecule has 0 spiro atoms. The Hall–Kier alpha value is -1.31. The molecule has 0 aliphatic rings. The number of benzene rings is 1. The summed E-state index contributed by atoms with van der Waals surface area (Å²) >= 11 is 3.17. The van der Waals surface area contributed by atoms with Crippen LogP contribution < -0.4 is 11.3 Å². The summed E-state index contributed by atoms with van der Waals surface area (Å²) in [5, 5.41) is 7.86. The standard InChI is InChI=1S/C12H15BrFN5/c1-2-6-19-10(7-16-18-19)12(17-15)8-4-3-5-9(13)11(8)14/h3-5,7,12,17H,2,6,15H2,1H3. The molecular formula is C12H15BrFN5. The Morgan fingerprint density at radius 2 is 2.32 bits per heavy atom. The number of nitrogens with zero attached hydrogens (tertiary/aromatic N) is 3. The minimum atomic E-state index is -0.487. The highest BCUT2D eigenvalue weighted by Crippen LogP contribution is 2.27. The lowest BCUT2D eigenvalue weighted by Gasteiger charge is -2.18. The maximum atomic E-state index is 14.2. The third-order valence-corrected chi connectivity index (χ3v) is 3.45. The van der Waals surface area contributed by atoms with Crippen molar-refractivity contribution in [1.29, 1.82) is 0 Å². The molecule has 0 saturated heterocycles. The van der Waals surface area contributed by atoms with E-state index < -0.39 is 6.04 Å². The van der Waals surface area contributed by atoms with Crippen molar-refractivity contribution in [2.24, 2.45) is 5.84 Å². The Morgan fingerprint density at radius 1 is 1.53 bits per heavy atom. The van der Waals surface area contributed by atoms with Crippen molar-refractivity contribution in [3.63, 3.8) is 0 Å². The summed E-state index contributed by atoms with van der Waals surface area (Å²) < 4.78 is 16.3. The van der Waals surface area contributed by atoms with Gasteiger partial charge in [-0.2, -0.15) is 0 Å². The van der Waals surface area contributed by atoms with Gasteiger partial charge in [0.15, 0.2) is 0 Å². The van der Waals surface area contributed by atoms with Gasteiger partial charge in [-0.15, -0.1) is 5.10 Å². The fourth-order valence-electron chi connectivity index (χ4n) is 1.95. The first-order valence-electron chi connectivity index (χ1n) is 5.97. The predicted molar refractivity (Wildman–Crippen MR) is 73.6 cm³/mol. The van der Waals surface area contributed by atoms with Gasteiger partial charge in [-0.1, -0.05) is 24.3 Å². The first kappa shape index (κ1) is 14.1. The van der Waals surface area contributed by atoms with Gasteiger partial charge in [0.1, 0.15) is 5.82 Å². The molecule has 3 N–H and O–H groups in total. The second-order valence-corrected chi connectivity index (χ2v) is 4.98. The van der Waals surface area contributed by atoms with Crippen molar-refractivity contribution in [1.82, 2.24) is 20.4 Å². The topological polar surface area (TPSA) is 68.8 Å². The molecule has 1 atom stereocenters. The lowest BCUT2D eigenvalue weighted by Crippen LogP contribution is -2.31. The van der Waals surface area contributed by atoms with E-state index in [1.54, 1.807) is 29.1 Å². The van der Waals surface area contributed by atoms with E-state index in [0.29, 0.717) is 16.6 Å². The fourth-order valence-corrected chi connectivity index (χ4v) is 2.33. The van der Waals surface area contributed by atoms with Crippen LogP contribution in [0.5, 0.6) is 0 Å². The van der Waals surface area contributed by atoms with Crippen molar-refractivity contribution in [2.75, 3.05) is 0 Å². The zero-order chi connectivity index (χ0) is 13.8. The summed E-state index contributed by atoms with van der Waals surface area (Å²) in [6.45, 7) is 2.75. The van der Waals surface area contributed by atoms with Crippen molar-refractivity contribution >= 4 is 15.9 Å². The van der Waals surface area contributed by atoms with E-state index in [4.69, 9.17) is 5.84 Å². The van der Waals surface area contributed by atoms with Gasteiger partial charge in [0, 0.05) is 12.1 Å². The van der Waals surface area contributed by atoms with E-state index in [-0.39, 0.29) is 5.82 Å². The Morgan fingerprint density at radius 3 is 3.00 bits per heavy atom. The molecule has 1 aromatic carbocycles. The van der Waals surface area contributed by atoms with Gasteiger partial charge in [-0.3, -0.25) is 5.84 Å². The van der Waals surface area contributed by atoms with Crippen LogP contribution in [-0.4, -0.2) is 15.0 Å². The number of rotatable bonds is 5. The highest BCUT2D eigenvalue weighted by molar-refractivity contribution is 9.10. The third kappa shape index (κ3) is 2.83. The minimum Gasteiger partial charge on any atom is -0.271 e. The number of nitrogens with one attached hydrogen (secondary N) is 1. The second-order valence-electron chi connectivity index (χ2n) is 4.12. The second kappa shape index (κ2) is 6.23. The van der Waals surface area contributed by atoms with Gasteiger partial charge < -0.3 is 0 Å². The molecule has 0 fully saturated rings. The van der Waals surface area contributed by atoms with Gasteiger partial charge >= 0.3 is 0 Å². The number of hydrogen-bond donors (Lipinski definition) is 2. The van der Waals surface area contributed by atoms with Gasteiger partial charge in [-0.25, -0.2) is 14.5 Å². The lowest BCUT2D eigenvalue weighted by molar-refractivity contribution is 0.495. The van der Waals surface area contributed by atoms with E-state index in [9.17, 15) is 4.39 Å². The molecule has 102 valence electrons. The predicted octanol–water partition coefficient (Wildman–Crippen LogP) is 2.14. The summed E-state index contributed by atoms with van der Waals surface area (Å²) in [7, 11) is 0. The van der Waals surface area contributed by atoms with Gasteiger partial charge in [0.2, 0.25) is 0 Å². The number of nitrogens with two attached hydrogens (primary N) is 1. The Kier molecular flexibility index (Phi) is 4.62. The van der Waals surface area contributed by atoms with Crippen molar-refractivity contribution in [3.8, 4) is 0 Å². The number of aryl methyl sites for hydroxylation is 1. The fraction of sp³-hybridized carbons (Fsp3) is 0.333. The molecule has 2 rings (SSSR count). The van der Waals surface area contributed by atoms with Crippen molar-refractivity contribution in [2.45, 2.75) is 25.9 Å². The smallest absolute Gasteiger partial charge is 0.142 e. The molecule has 0 bridgehead atoms. The summed E-state index contributed by atoms with van der Waals surface area (Å²) in [4.78, 5) is 0. The number of aromatic nitrogens is 3. The molecule has 19 heavy (non-hydrogen) atoms. The van der Waals surface area contributed by atoms with Crippen LogP contribution >= 0.6 is 15.9 Å². The van der Waals surface area contributed by atoms with E-state index in [1.807, 2.05) is 6.92 Å². The average molecular weight is 328 g/mol. The van der Waals surface area contributed by atoms with Gasteiger partial charge in [0.05, 0.1) is 22.4 Å². The zero-order valence-electron chi connectivity index (χ0n) is 10.5. The normalized spacial score (nSPS) is 12.6. The maximum absolute atomic E-state index is 14.2. The van der Waals surface area contributed by atoms with E-state index in [1.165, 1.54) is 0 Å². The monoisotopic (exact) mass is 327 g/mol. The van der Waals surface area contributed by atoms with E-state index >= 15 is 0 Å². The first-order chi connectivity index (χ1) is 9.19. The highest BCUT2D eigenvalue weighted by atomic mass is 79.9. The largest absolute Gasteiger partial charge is 0.271 e. The zero-order valence-corrected chi connectivity index (χ0v) is 12.1. The van der Waals surface area contributed by atoms with Crippen LogP contribution in [0.25, 0.3) is 0 Å². The number of halogens is 2. The van der Waals surface area contributed by atoms with Crippen LogP contribution in [0.3, 0.4) is 0 Å². The average Bonchev–Trinajstić information content (AvgIpc) is 2.84. The quantitative estimate of drug-likeness (QED) is 0.652. The van der Waals surface area contributed by atoms with Crippen LogP contribution in [0.1, 0.15) is 30.6 Å². The molecular weight excluding hydrogens is 313 g/mol. The summed E-state index contributed by atoms with van der Waals surface area (Å²) in [5.41, 5.74) is 3.82. The SMILES string of the molecule is CCCn1nncc1C(NN)c1cccc(Br)c1F. The number of hydrazine groups is 1. The molecule has 1 heterocycles.